The highest BCUT2D eigenvalue weighted by Gasteiger charge is 2.17. The number of hydrogen-bond acceptors (Lipinski definition) is 2. The molecule has 2 nitrogen and oxygen atoms in total. The molecule has 0 aliphatic heterocycles. The van der Waals surface area contributed by atoms with Gasteiger partial charge in [-0.3, -0.25) is 0 Å². The number of ether oxygens (including phenoxy) is 1. The maximum absolute atomic E-state index is 13.3. The minimum absolute atomic E-state index is 0.157. The summed E-state index contributed by atoms with van der Waals surface area (Å²) in [7, 11) is 1.40. The number of halogens is 3. The van der Waals surface area contributed by atoms with Crippen LogP contribution in [0.3, 0.4) is 0 Å². The highest BCUT2D eigenvalue weighted by atomic mass is 35.5. The minimum Gasteiger partial charge on any atom is -0.496 e. The molecule has 0 amide bonds. The smallest absolute Gasteiger partial charge is 0.125 e. The van der Waals surface area contributed by atoms with E-state index in [0.717, 1.165) is 18.2 Å². The molecule has 5 heteroatoms. The van der Waals surface area contributed by atoms with E-state index in [9.17, 15) is 13.9 Å². The molecule has 0 heterocycles. The van der Waals surface area contributed by atoms with Crippen LogP contribution in [0.4, 0.5) is 8.78 Å². The zero-order valence-electron chi connectivity index (χ0n) is 10.0. The zero-order valence-corrected chi connectivity index (χ0v) is 10.8. The molecule has 2 aromatic rings. The normalized spacial score (nSPS) is 12.3. The Bertz CT molecular complexity index is 582. The maximum atomic E-state index is 13.3. The third-order valence-corrected chi connectivity index (χ3v) is 2.91. The Morgan fingerprint density at radius 2 is 1.84 bits per heavy atom. The summed E-state index contributed by atoms with van der Waals surface area (Å²) in [5.41, 5.74) is 0.443. The van der Waals surface area contributed by atoms with Gasteiger partial charge in [-0.1, -0.05) is 11.6 Å². The van der Waals surface area contributed by atoms with Gasteiger partial charge < -0.3 is 9.84 Å². The summed E-state index contributed by atoms with van der Waals surface area (Å²) in [6, 6.07) is 7.44. The van der Waals surface area contributed by atoms with Crippen LogP contribution in [0.15, 0.2) is 36.4 Å². The molecule has 100 valence electrons. The molecular weight excluding hydrogens is 274 g/mol. The van der Waals surface area contributed by atoms with Crippen molar-refractivity contribution in [1.29, 1.82) is 0 Å². The Labute approximate surface area is 114 Å². The fourth-order valence-corrected chi connectivity index (χ4v) is 2.06. The lowest BCUT2D eigenvalue weighted by molar-refractivity contribution is 0.213. The Morgan fingerprint density at radius 3 is 2.47 bits per heavy atom. The van der Waals surface area contributed by atoms with Crippen molar-refractivity contribution < 1.29 is 18.6 Å². The van der Waals surface area contributed by atoms with Crippen molar-refractivity contribution in [2.45, 2.75) is 6.10 Å². The van der Waals surface area contributed by atoms with Crippen molar-refractivity contribution in [3.63, 3.8) is 0 Å². The van der Waals surface area contributed by atoms with Crippen LogP contribution in [0.2, 0.25) is 5.02 Å². The first-order valence-electron chi connectivity index (χ1n) is 5.48. The first-order valence-corrected chi connectivity index (χ1v) is 5.86. The van der Waals surface area contributed by atoms with E-state index in [1.807, 2.05) is 0 Å². The summed E-state index contributed by atoms with van der Waals surface area (Å²) in [6.07, 6.45) is -1.22. The van der Waals surface area contributed by atoms with E-state index in [1.165, 1.54) is 25.3 Å². The lowest BCUT2D eigenvalue weighted by Gasteiger charge is -2.15. The molecule has 1 atom stereocenters. The number of hydrogen-bond donors (Lipinski definition) is 1. The molecule has 0 bridgehead atoms. The molecule has 0 fully saturated rings. The highest BCUT2D eigenvalue weighted by molar-refractivity contribution is 6.30. The standard InChI is InChI=1S/C14H11ClF2O2/c1-19-13-3-2-10(16)7-12(13)14(18)8-4-9(15)6-11(17)5-8/h2-7,14,18H,1H3. The molecule has 2 aromatic carbocycles. The average Bonchev–Trinajstić information content (AvgIpc) is 2.36. The quantitative estimate of drug-likeness (QED) is 0.931. The lowest BCUT2D eigenvalue weighted by atomic mass is 10.0. The predicted molar refractivity (Wildman–Crippen MR) is 68.4 cm³/mol. The fraction of sp³-hybridized carbons (Fsp3) is 0.143. The van der Waals surface area contributed by atoms with E-state index in [2.05, 4.69) is 0 Å². The van der Waals surface area contributed by atoms with Gasteiger partial charge in [0.2, 0.25) is 0 Å². The number of aliphatic hydroxyl groups is 1. The summed E-state index contributed by atoms with van der Waals surface area (Å²) in [4.78, 5) is 0. The van der Waals surface area contributed by atoms with E-state index < -0.39 is 17.7 Å². The van der Waals surface area contributed by atoms with Gasteiger partial charge in [0, 0.05) is 10.6 Å². The van der Waals surface area contributed by atoms with E-state index in [-0.39, 0.29) is 16.1 Å². The number of rotatable bonds is 3. The van der Waals surface area contributed by atoms with Crippen LogP contribution >= 0.6 is 11.6 Å². The van der Waals surface area contributed by atoms with Crippen molar-refractivity contribution in [2.75, 3.05) is 7.11 Å². The van der Waals surface area contributed by atoms with E-state index in [1.54, 1.807) is 0 Å². The fourth-order valence-electron chi connectivity index (χ4n) is 1.83. The first kappa shape index (κ1) is 13.8. The molecule has 1 N–H and O–H groups in total. The topological polar surface area (TPSA) is 29.5 Å². The monoisotopic (exact) mass is 284 g/mol. The van der Waals surface area contributed by atoms with Crippen molar-refractivity contribution in [3.05, 3.63) is 64.2 Å². The molecule has 2 rings (SSSR count). The zero-order chi connectivity index (χ0) is 14.0. The van der Waals surface area contributed by atoms with Crippen LogP contribution in [0.25, 0.3) is 0 Å². The maximum Gasteiger partial charge on any atom is 0.125 e. The van der Waals surface area contributed by atoms with Gasteiger partial charge in [0.1, 0.15) is 23.5 Å². The first-order chi connectivity index (χ1) is 9.01. The van der Waals surface area contributed by atoms with Crippen LogP contribution in [0.1, 0.15) is 17.2 Å². The predicted octanol–water partition coefficient (Wildman–Crippen LogP) is 3.71. The number of aliphatic hydroxyl groups excluding tert-OH is 1. The van der Waals surface area contributed by atoms with Crippen molar-refractivity contribution >= 4 is 11.6 Å². The van der Waals surface area contributed by atoms with Crippen molar-refractivity contribution in [1.82, 2.24) is 0 Å². The largest absolute Gasteiger partial charge is 0.496 e. The Hall–Kier alpha value is -1.65. The Morgan fingerprint density at radius 1 is 1.11 bits per heavy atom. The molecule has 1 unspecified atom stereocenters. The highest BCUT2D eigenvalue weighted by Crippen LogP contribution is 2.32. The summed E-state index contributed by atoms with van der Waals surface area (Å²) in [6.45, 7) is 0. The van der Waals surface area contributed by atoms with Gasteiger partial charge in [0.25, 0.3) is 0 Å². The molecule has 19 heavy (non-hydrogen) atoms. The van der Waals surface area contributed by atoms with Crippen LogP contribution in [0.5, 0.6) is 5.75 Å². The minimum atomic E-state index is -1.22. The van der Waals surface area contributed by atoms with Crippen LogP contribution in [0, 0.1) is 11.6 Å². The summed E-state index contributed by atoms with van der Waals surface area (Å²) < 4.78 is 31.6. The van der Waals surface area contributed by atoms with Gasteiger partial charge in [0.05, 0.1) is 7.11 Å². The molecule has 0 aliphatic carbocycles. The molecular formula is C14H11ClF2O2. The van der Waals surface area contributed by atoms with Gasteiger partial charge in [-0.15, -0.1) is 0 Å². The van der Waals surface area contributed by atoms with Crippen LogP contribution in [-0.4, -0.2) is 12.2 Å². The summed E-state index contributed by atoms with van der Waals surface area (Å²) >= 11 is 5.73. The third kappa shape index (κ3) is 3.03. The van der Waals surface area contributed by atoms with E-state index in [0.29, 0.717) is 5.75 Å². The number of benzene rings is 2. The summed E-state index contributed by atoms with van der Waals surface area (Å²) in [5.74, 6) is -0.774. The lowest BCUT2D eigenvalue weighted by Crippen LogP contribution is -2.03. The second-order valence-corrected chi connectivity index (χ2v) is 4.43. The van der Waals surface area contributed by atoms with Crippen LogP contribution < -0.4 is 4.74 Å². The van der Waals surface area contributed by atoms with Gasteiger partial charge in [-0.2, -0.15) is 0 Å². The van der Waals surface area contributed by atoms with Gasteiger partial charge in [-0.25, -0.2) is 8.78 Å². The van der Waals surface area contributed by atoms with E-state index >= 15 is 0 Å². The third-order valence-electron chi connectivity index (χ3n) is 2.69. The van der Waals surface area contributed by atoms with Gasteiger partial charge >= 0.3 is 0 Å². The molecule has 0 aromatic heterocycles. The second-order valence-electron chi connectivity index (χ2n) is 3.99. The molecule has 0 saturated heterocycles. The molecule has 0 aliphatic rings. The average molecular weight is 285 g/mol. The van der Waals surface area contributed by atoms with Crippen LogP contribution in [-0.2, 0) is 0 Å². The van der Waals surface area contributed by atoms with Gasteiger partial charge in [0.15, 0.2) is 0 Å². The van der Waals surface area contributed by atoms with Crippen molar-refractivity contribution in [2.24, 2.45) is 0 Å². The summed E-state index contributed by atoms with van der Waals surface area (Å²) in [5, 5.41) is 10.4. The Kier molecular flexibility index (Phi) is 4.02. The van der Waals surface area contributed by atoms with E-state index in [4.69, 9.17) is 16.3 Å². The number of methoxy groups -OCH3 is 1. The Balaban J connectivity index is 2.48. The molecule has 0 spiro atoms. The molecule has 0 saturated carbocycles. The SMILES string of the molecule is COc1ccc(F)cc1C(O)c1cc(F)cc(Cl)c1. The van der Waals surface area contributed by atoms with Gasteiger partial charge in [-0.05, 0) is 42.0 Å². The molecule has 0 radical (unpaired) electrons. The second kappa shape index (κ2) is 5.55. The van der Waals surface area contributed by atoms with Crippen molar-refractivity contribution in [3.8, 4) is 5.75 Å².